The summed E-state index contributed by atoms with van der Waals surface area (Å²) in [5.74, 6) is 0.834. The summed E-state index contributed by atoms with van der Waals surface area (Å²) in [4.78, 5) is 11.3. The first-order valence-electron chi connectivity index (χ1n) is 6.88. The van der Waals surface area contributed by atoms with Gasteiger partial charge in [-0.2, -0.15) is 0 Å². The highest BCUT2D eigenvalue weighted by Gasteiger charge is 2.04. The van der Waals surface area contributed by atoms with Crippen molar-refractivity contribution in [2.75, 3.05) is 6.61 Å². The minimum absolute atomic E-state index is 0.307. The third-order valence-corrected chi connectivity index (χ3v) is 3.19. The lowest BCUT2D eigenvalue weighted by atomic mass is 10.1. The largest absolute Gasteiger partial charge is 0.494 e. The van der Waals surface area contributed by atoms with E-state index in [0.29, 0.717) is 5.58 Å². The average Bonchev–Trinajstić information content (AvgIpc) is 2.39. The Morgan fingerprint density at radius 1 is 1.16 bits per heavy atom. The van der Waals surface area contributed by atoms with E-state index in [4.69, 9.17) is 9.15 Å². The van der Waals surface area contributed by atoms with Gasteiger partial charge in [0, 0.05) is 11.5 Å². The van der Waals surface area contributed by atoms with E-state index in [1.54, 1.807) is 6.07 Å². The van der Waals surface area contributed by atoms with Gasteiger partial charge < -0.3 is 9.15 Å². The summed E-state index contributed by atoms with van der Waals surface area (Å²) < 4.78 is 10.9. The van der Waals surface area contributed by atoms with Crippen LogP contribution in [0.2, 0.25) is 0 Å². The highest BCUT2D eigenvalue weighted by atomic mass is 16.5. The smallest absolute Gasteiger partial charge is 0.336 e. The van der Waals surface area contributed by atoms with Crippen molar-refractivity contribution >= 4 is 11.0 Å². The van der Waals surface area contributed by atoms with Gasteiger partial charge in [-0.15, -0.1) is 0 Å². The second-order valence-electron chi connectivity index (χ2n) is 4.82. The van der Waals surface area contributed by atoms with Crippen LogP contribution in [0.1, 0.15) is 38.2 Å². The molecular formula is C16H20O3. The number of hydrogen-bond donors (Lipinski definition) is 0. The first kappa shape index (κ1) is 13.7. The van der Waals surface area contributed by atoms with Crippen LogP contribution in [0.5, 0.6) is 5.75 Å². The van der Waals surface area contributed by atoms with Crippen molar-refractivity contribution in [2.24, 2.45) is 0 Å². The topological polar surface area (TPSA) is 39.4 Å². The first-order chi connectivity index (χ1) is 9.20. The number of ether oxygens (including phenoxy) is 1. The Kier molecular flexibility index (Phi) is 4.61. The van der Waals surface area contributed by atoms with Crippen LogP contribution < -0.4 is 10.4 Å². The molecule has 2 rings (SSSR count). The number of fused-ring (bicyclic) bond motifs is 1. The Morgan fingerprint density at radius 2 is 2.00 bits per heavy atom. The van der Waals surface area contributed by atoms with E-state index in [0.717, 1.165) is 29.7 Å². The van der Waals surface area contributed by atoms with E-state index in [9.17, 15) is 4.79 Å². The Morgan fingerprint density at radius 3 is 2.79 bits per heavy atom. The lowest BCUT2D eigenvalue weighted by molar-refractivity contribution is 0.305. The fraction of sp³-hybridized carbons (Fsp3) is 0.438. The Labute approximate surface area is 113 Å². The zero-order valence-electron chi connectivity index (χ0n) is 11.6. The Hall–Kier alpha value is -1.77. The standard InChI is InChI=1S/C16H20O3/c1-3-4-5-6-9-18-13-7-8-15-14(11-13)12(2)10-16(17)19-15/h7-8,10-11H,3-6,9H2,1-2H3. The van der Waals surface area contributed by atoms with E-state index in [2.05, 4.69) is 6.92 Å². The zero-order valence-corrected chi connectivity index (χ0v) is 11.6. The molecule has 19 heavy (non-hydrogen) atoms. The van der Waals surface area contributed by atoms with Crippen molar-refractivity contribution in [3.8, 4) is 5.75 Å². The van der Waals surface area contributed by atoms with Crippen LogP contribution in [0.3, 0.4) is 0 Å². The van der Waals surface area contributed by atoms with E-state index in [1.165, 1.54) is 25.3 Å². The summed E-state index contributed by atoms with van der Waals surface area (Å²) in [6.07, 6.45) is 4.77. The van der Waals surface area contributed by atoms with E-state index in [-0.39, 0.29) is 5.63 Å². The molecule has 0 bridgehead atoms. The van der Waals surface area contributed by atoms with E-state index in [1.807, 2.05) is 19.1 Å². The Balaban J connectivity index is 2.07. The molecule has 0 spiro atoms. The summed E-state index contributed by atoms with van der Waals surface area (Å²) in [5.41, 5.74) is 1.23. The molecule has 0 aliphatic rings. The zero-order chi connectivity index (χ0) is 13.7. The molecular weight excluding hydrogens is 240 g/mol. The highest BCUT2D eigenvalue weighted by Crippen LogP contribution is 2.22. The highest BCUT2D eigenvalue weighted by molar-refractivity contribution is 5.81. The van der Waals surface area contributed by atoms with Gasteiger partial charge in [-0.3, -0.25) is 0 Å². The van der Waals surface area contributed by atoms with Crippen LogP contribution in [0.15, 0.2) is 33.5 Å². The summed E-state index contributed by atoms with van der Waals surface area (Å²) in [7, 11) is 0. The van der Waals surface area contributed by atoms with Crippen molar-refractivity contribution in [1.82, 2.24) is 0 Å². The molecule has 1 heterocycles. The maximum absolute atomic E-state index is 11.3. The lowest BCUT2D eigenvalue weighted by Crippen LogP contribution is -2.00. The second kappa shape index (κ2) is 6.41. The monoisotopic (exact) mass is 260 g/mol. The molecule has 0 unspecified atom stereocenters. The summed E-state index contributed by atoms with van der Waals surface area (Å²) in [6.45, 7) is 4.84. The molecule has 102 valence electrons. The fourth-order valence-corrected chi connectivity index (χ4v) is 2.11. The number of hydrogen-bond acceptors (Lipinski definition) is 3. The number of benzene rings is 1. The molecule has 1 aromatic heterocycles. The van der Waals surface area contributed by atoms with Gasteiger partial charge in [-0.1, -0.05) is 26.2 Å². The van der Waals surface area contributed by atoms with Gasteiger partial charge in [0.15, 0.2) is 0 Å². The fourth-order valence-electron chi connectivity index (χ4n) is 2.11. The van der Waals surface area contributed by atoms with Crippen LogP contribution in [0.25, 0.3) is 11.0 Å². The van der Waals surface area contributed by atoms with Crippen LogP contribution in [-0.4, -0.2) is 6.61 Å². The second-order valence-corrected chi connectivity index (χ2v) is 4.82. The molecule has 3 heteroatoms. The van der Waals surface area contributed by atoms with E-state index >= 15 is 0 Å². The molecule has 2 aromatic rings. The van der Waals surface area contributed by atoms with Gasteiger partial charge >= 0.3 is 5.63 Å². The molecule has 0 N–H and O–H groups in total. The van der Waals surface area contributed by atoms with Crippen LogP contribution in [0.4, 0.5) is 0 Å². The van der Waals surface area contributed by atoms with Crippen LogP contribution in [-0.2, 0) is 0 Å². The van der Waals surface area contributed by atoms with Crippen molar-refractivity contribution in [1.29, 1.82) is 0 Å². The molecule has 0 amide bonds. The predicted octanol–water partition coefficient (Wildman–Crippen LogP) is 4.06. The molecule has 0 saturated heterocycles. The minimum Gasteiger partial charge on any atom is -0.494 e. The molecule has 0 saturated carbocycles. The van der Waals surface area contributed by atoms with Gasteiger partial charge in [0.2, 0.25) is 0 Å². The van der Waals surface area contributed by atoms with Crippen molar-refractivity contribution in [2.45, 2.75) is 39.5 Å². The van der Waals surface area contributed by atoms with Crippen molar-refractivity contribution in [3.05, 3.63) is 40.2 Å². The third-order valence-electron chi connectivity index (χ3n) is 3.19. The molecule has 0 aliphatic carbocycles. The van der Waals surface area contributed by atoms with Crippen LogP contribution >= 0.6 is 0 Å². The van der Waals surface area contributed by atoms with Crippen molar-refractivity contribution in [3.63, 3.8) is 0 Å². The molecule has 0 aliphatic heterocycles. The normalized spacial score (nSPS) is 10.8. The molecule has 3 nitrogen and oxygen atoms in total. The van der Waals surface area contributed by atoms with Gasteiger partial charge in [0.05, 0.1) is 6.61 Å². The molecule has 0 atom stereocenters. The SMILES string of the molecule is CCCCCCOc1ccc2oc(=O)cc(C)c2c1. The minimum atomic E-state index is -0.307. The lowest BCUT2D eigenvalue weighted by Gasteiger charge is -2.07. The average molecular weight is 260 g/mol. The summed E-state index contributed by atoms with van der Waals surface area (Å²) in [5, 5.41) is 0.936. The van der Waals surface area contributed by atoms with Gasteiger partial charge in [0.1, 0.15) is 11.3 Å². The molecule has 0 fully saturated rings. The quantitative estimate of drug-likeness (QED) is 0.580. The number of rotatable bonds is 6. The summed E-state index contributed by atoms with van der Waals surface area (Å²) in [6, 6.07) is 7.09. The van der Waals surface area contributed by atoms with Crippen molar-refractivity contribution < 1.29 is 9.15 Å². The number of unbranched alkanes of at least 4 members (excludes halogenated alkanes) is 3. The first-order valence-corrected chi connectivity index (χ1v) is 6.88. The maximum atomic E-state index is 11.3. The summed E-state index contributed by atoms with van der Waals surface area (Å²) >= 11 is 0. The predicted molar refractivity (Wildman–Crippen MR) is 76.9 cm³/mol. The molecule has 0 radical (unpaired) electrons. The van der Waals surface area contributed by atoms with Gasteiger partial charge in [0.25, 0.3) is 0 Å². The van der Waals surface area contributed by atoms with Crippen LogP contribution in [0, 0.1) is 6.92 Å². The third kappa shape index (κ3) is 3.60. The molecule has 1 aromatic carbocycles. The number of aryl methyl sites for hydroxylation is 1. The van der Waals surface area contributed by atoms with E-state index < -0.39 is 0 Å². The van der Waals surface area contributed by atoms with Gasteiger partial charge in [-0.25, -0.2) is 4.79 Å². The maximum Gasteiger partial charge on any atom is 0.336 e. The van der Waals surface area contributed by atoms with Gasteiger partial charge in [-0.05, 0) is 37.1 Å². The Bertz CT molecular complexity index is 598.